The third-order valence-corrected chi connectivity index (χ3v) is 6.79. The summed E-state index contributed by atoms with van der Waals surface area (Å²) in [5.41, 5.74) is 10.9. The topological polar surface area (TPSA) is 66.8 Å². The van der Waals surface area contributed by atoms with Crippen molar-refractivity contribution in [2.75, 3.05) is 18.4 Å². The largest absolute Gasteiger partial charge is 0.368 e. The minimum atomic E-state index is -0.186. The van der Waals surface area contributed by atoms with E-state index in [-0.39, 0.29) is 5.82 Å². The van der Waals surface area contributed by atoms with E-state index in [1.807, 2.05) is 6.92 Å². The van der Waals surface area contributed by atoms with Crippen molar-refractivity contribution in [3.8, 4) is 0 Å². The number of anilines is 1. The maximum Gasteiger partial charge on any atom is 0.129 e. The van der Waals surface area contributed by atoms with Gasteiger partial charge in [-0.2, -0.15) is 0 Å². The van der Waals surface area contributed by atoms with Crippen LogP contribution in [0.5, 0.6) is 0 Å². The molecule has 3 N–H and O–H groups in total. The van der Waals surface area contributed by atoms with Crippen molar-refractivity contribution in [1.82, 2.24) is 25.4 Å². The van der Waals surface area contributed by atoms with Gasteiger partial charge in [-0.15, -0.1) is 0 Å². The van der Waals surface area contributed by atoms with Gasteiger partial charge in [-0.1, -0.05) is 0 Å². The number of benzene rings is 1. The molecule has 5 rings (SSSR count). The van der Waals surface area contributed by atoms with Crippen molar-refractivity contribution in [3.63, 3.8) is 0 Å². The SMILES string of the molecule is Cc1cc(F)cc2c1cc(C)n2CCNc1cc(C2CCC3CNNC3C2)ncn1. The molecular formula is C23H29FN6. The van der Waals surface area contributed by atoms with Crippen LogP contribution >= 0.6 is 0 Å². The summed E-state index contributed by atoms with van der Waals surface area (Å²) in [6, 6.07) is 7.99. The van der Waals surface area contributed by atoms with Crippen LogP contribution in [0.1, 0.15) is 42.1 Å². The summed E-state index contributed by atoms with van der Waals surface area (Å²) < 4.78 is 16.1. The molecule has 2 fully saturated rings. The van der Waals surface area contributed by atoms with Gasteiger partial charge in [0.15, 0.2) is 0 Å². The molecular weight excluding hydrogens is 379 g/mol. The van der Waals surface area contributed by atoms with Gasteiger partial charge in [0.1, 0.15) is 18.0 Å². The minimum Gasteiger partial charge on any atom is -0.368 e. The zero-order valence-electron chi connectivity index (χ0n) is 17.6. The zero-order valence-corrected chi connectivity index (χ0v) is 17.6. The van der Waals surface area contributed by atoms with Gasteiger partial charge in [-0.3, -0.25) is 10.9 Å². The van der Waals surface area contributed by atoms with Gasteiger partial charge in [-0.05, 0) is 62.8 Å². The smallest absolute Gasteiger partial charge is 0.129 e. The molecule has 0 radical (unpaired) electrons. The molecule has 1 saturated heterocycles. The lowest BCUT2D eigenvalue weighted by atomic mass is 9.78. The number of aryl methyl sites for hydroxylation is 2. The Balaban J connectivity index is 1.26. The van der Waals surface area contributed by atoms with Gasteiger partial charge in [0.25, 0.3) is 0 Å². The van der Waals surface area contributed by atoms with Crippen molar-refractivity contribution in [1.29, 1.82) is 0 Å². The van der Waals surface area contributed by atoms with E-state index in [0.717, 1.165) is 65.6 Å². The average molecular weight is 409 g/mol. The monoisotopic (exact) mass is 408 g/mol. The summed E-state index contributed by atoms with van der Waals surface area (Å²) in [4.78, 5) is 8.98. The fourth-order valence-electron chi connectivity index (χ4n) is 5.15. The van der Waals surface area contributed by atoms with E-state index in [0.29, 0.717) is 12.0 Å². The standard InChI is InChI=1S/C23H29FN6/c1-14-7-18(24)10-22-19(14)8-15(2)30(22)6-5-25-23-11-20(26-13-27-23)16-3-4-17-12-28-29-21(17)9-16/h7-8,10-11,13,16-17,21,28-29H,3-6,9,12H2,1-2H3,(H,25,26,27). The highest BCUT2D eigenvalue weighted by Gasteiger charge is 2.34. The van der Waals surface area contributed by atoms with Crippen LogP contribution in [0.2, 0.25) is 0 Å². The van der Waals surface area contributed by atoms with Gasteiger partial charge in [0.05, 0.1) is 5.52 Å². The molecule has 1 aliphatic carbocycles. The van der Waals surface area contributed by atoms with Crippen LogP contribution in [0.3, 0.4) is 0 Å². The van der Waals surface area contributed by atoms with Gasteiger partial charge >= 0.3 is 0 Å². The molecule has 1 aromatic carbocycles. The highest BCUT2D eigenvalue weighted by atomic mass is 19.1. The van der Waals surface area contributed by atoms with Crippen LogP contribution in [-0.4, -0.2) is 33.7 Å². The molecule has 3 heterocycles. The summed E-state index contributed by atoms with van der Waals surface area (Å²) in [5, 5.41) is 4.55. The summed E-state index contributed by atoms with van der Waals surface area (Å²) in [6.45, 7) is 6.57. The van der Waals surface area contributed by atoms with Gasteiger partial charge in [0, 0.05) is 54.4 Å². The number of hydrogen-bond acceptors (Lipinski definition) is 5. The fraction of sp³-hybridized carbons (Fsp3) is 0.478. The van der Waals surface area contributed by atoms with Crippen molar-refractivity contribution in [3.05, 3.63) is 53.4 Å². The van der Waals surface area contributed by atoms with E-state index in [4.69, 9.17) is 0 Å². The van der Waals surface area contributed by atoms with Crippen molar-refractivity contribution < 1.29 is 4.39 Å². The van der Waals surface area contributed by atoms with E-state index in [9.17, 15) is 4.39 Å². The van der Waals surface area contributed by atoms with E-state index < -0.39 is 0 Å². The number of rotatable bonds is 5. The zero-order chi connectivity index (χ0) is 20.7. The van der Waals surface area contributed by atoms with Crippen LogP contribution < -0.4 is 16.2 Å². The molecule has 0 bridgehead atoms. The minimum absolute atomic E-state index is 0.186. The lowest BCUT2D eigenvalue weighted by Crippen LogP contribution is -2.35. The molecule has 0 amide bonds. The summed E-state index contributed by atoms with van der Waals surface area (Å²) >= 11 is 0. The molecule has 158 valence electrons. The number of nitrogens with one attached hydrogen (secondary N) is 3. The molecule has 3 atom stereocenters. The second-order valence-corrected chi connectivity index (χ2v) is 8.75. The fourth-order valence-corrected chi connectivity index (χ4v) is 5.15. The van der Waals surface area contributed by atoms with Crippen LogP contribution in [0.4, 0.5) is 10.2 Å². The number of halogens is 1. The first-order chi connectivity index (χ1) is 14.6. The van der Waals surface area contributed by atoms with Crippen LogP contribution in [-0.2, 0) is 6.54 Å². The second-order valence-electron chi connectivity index (χ2n) is 8.75. The first kappa shape index (κ1) is 19.5. The quantitative estimate of drug-likeness (QED) is 0.601. The summed E-state index contributed by atoms with van der Waals surface area (Å²) in [5.74, 6) is 1.89. The van der Waals surface area contributed by atoms with Crippen LogP contribution in [0.25, 0.3) is 10.9 Å². The van der Waals surface area contributed by atoms with Crippen molar-refractivity contribution in [2.45, 2.75) is 51.6 Å². The van der Waals surface area contributed by atoms with Gasteiger partial charge < -0.3 is 9.88 Å². The lowest BCUT2D eigenvalue weighted by Gasteiger charge is -2.30. The Morgan fingerprint density at radius 2 is 2.07 bits per heavy atom. The third-order valence-electron chi connectivity index (χ3n) is 6.79. The Morgan fingerprint density at radius 1 is 1.17 bits per heavy atom. The first-order valence-corrected chi connectivity index (χ1v) is 10.9. The molecule has 3 unspecified atom stereocenters. The number of nitrogens with zero attached hydrogens (tertiary/aromatic N) is 3. The van der Waals surface area contributed by atoms with Gasteiger partial charge in [0.2, 0.25) is 0 Å². The maximum atomic E-state index is 13.9. The van der Waals surface area contributed by atoms with E-state index >= 15 is 0 Å². The molecule has 6 nitrogen and oxygen atoms in total. The van der Waals surface area contributed by atoms with Crippen LogP contribution in [0.15, 0.2) is 30.6 Å². The maximum absolute atomic E-state index is 13.9. The Bertz CT molecular complexity index is 1060. The number of hydrogen-bond donors (Lipinski definition) is 3. The molecule has 7 heteroatoms. The Kier molecular flexibility index (Phi) is 5.16. The highest BCUT2D eigenvalue weighted by Crippen LogP contribution is 2.36. The summed E-state index contributed by atoms with van der Waals surface area (Å²) in [6.07, 6.45) is 5.20. The highest BCUT2D eigenvalue weighted by molar-refractivity contribution is 5.84. The van der Waals surface area contributed by atoms with E-state index in [1.54, 1.807) is 18.5 Å². The molecule has 2 aliphatic rings. The predicted octanol–water partition coefficient (Wildman–Crippen LogP) is 3.66. The average Bonchev–Trinajstić information content (AvgIpc) is 3.33. The van der Waals surface area contributed by atoms with E-state index in [1.165, 1.54) is 12.8 Å². The third kappa shape index (κ3) is 3.68. The van der Waals surface area contributed by atoms with Gasteiger partial charge in [-0.25, -0.2) is 14.4 Å². The van der Waals surface area contributed by atoms with Crippen molar-refractivity contribution in [2.24, 2.45) is 5.92 Å². The predicted molar refractivity (Wildman–Crippen MR) is 117 cm³/mol. The lowest BCUT2D eigenvalue weighted by molar-refractivity contribution is 0.300. The summed E-state index contributed by atoms with van der Waals surface area (Å²) in [7, 11) is 0. The number of fused-ring (bicyclic) bond motifs is 2. The van der Waals surface area contributed by atoms with E-state index in [2.05, 4.69) is 49.8 Å². The van der Waals surface area contributed by atoms with Crippen molar-refractivity contribution >= 4 is 16.7 Å². The Hall–Kier alpha value is -2.51. The molecule has 2 aromatic heterocycles. The molecule has 3 aromatic rings. The first-order valence-electron chi connectivity index (χ1n) is 10.9. The normalized spacial score (nSPS) is 23.6. The molecule has 1 saturated carbocycles. The molecule has 1 aliphatic heterocycles. The second kappa shape index (κ2) is 7.96. The number of hydrazine groups is 1. The molecule has 30 heavy (non-hydrogen) atoms. The number of aromatic nitrogens is 3. The Labute approximate surface area is 176 Å². The van der Waals surface area contributed by atoms with Crippen LogP contribution in [0, 0.1) is 25.6 Å². The Morgan fingerprint density at radius 3 is 2.97 bits per heavy atom. The molecule has 0 spiro atoms.